The molecule has 0 spiro atoms. The number of ether oxygens (including phenoxy) is 11. The van der Waals surface area contributed by atoms with Crippen LogP contribution in [0.1, 0.15) is 74.8 Å². The van der Waals surface area contributed by atoms with Gasteiger partial charge in [0, 0.05) is 84.0 Å². The first-order valence-electron chi connectivity index (χ1n) is 22.2. The van der Waals surface area contributed by atoms with Crippen molar-refractivity contribution in [1.82, 2.24) is 0 Å². The molecule has 0 unspecified atom stereocenters. The van der Waals surface area contributed by atoms with Gasteiger partial charge in [0.15, 0.2) is 48.1 Å². The van der Waals surface area contributed by atoms with Crippen LogP contribution in [0.4, 0.5) is 5.69 Å². The lowest BCUT2D eigenvalue weighted by atomic mass is 9.90. The first-order chi connectivity index (χ1) is 33.4. The second-order valence-electron chi connectivity index (χ2n) is 17.0. The lowest BCUT2D eigenvalue weighted by Gasteiger charge is -2.48. The average molecular weight is 990 g/mol. The van der Waals surface area contributed by atoms with Crippen LogP contribution in [0, 0.1) is 6.92 Å². The van der Waals surface area contributed by atoms with E-state index in [0.717, 1.165) is 53.4 Å². The molecule has 1 aromatic heterocycles. The molecule has 2 aliphatic rings. The van der Waals surface area contributed by atoms with Gasteiger partial charge in [0.25, 0.3) is 0 Å². The quantitative estimate of drug-likeness (QED) is 0.0407. The van der Waals surface area contributed by atoms with Crippen molar-refractivity contribution in [2.24, 2.45) is 0 Å². The summed E-state index contributed by atoms with van der Waals surface area (Å²) in [6.45, 7) is 13.5. The van der Waals surface area contributed by atoms with Crippen LogP contribution in [-0.4, -0.2) is 116 Å². The Morgan fingerprint density at radius 3 is 1.61 bits per heavy atom. The summed E-state index contributed by atoms with van der Waals surface area (Å²) in [4.78, 5) is 119. The maximum atomic E-state index is 14.4. The largest absolute Gasteiger partial charge is 0.461 e. The molecule has 7 rings (SSSR count). The van der Waals surface area contributed by atoms with Gasteiger partial charge in [-0.3, -0.25) is 38.4 Å². The van der Waals surface area contributed by atoms with Crippen molar-refractivity contribution in [3.63, 3.8) is 0 Å². The molecular weight excluding hydrogens is 939 g/mol. The van der Waals surface area contributed by atoms with Gasteiger partial charge in [-0.05, 0) is 32.4 Å². The van der Waals surface area contributed by atoms with Crippen molar-refractivity contribution < 1.29 is 94.9 Å². The van der Waals surface area contributed by atoms with Crippen LogP contribution < -0.4 is 24.7 Å². The molecule has 0 aliphatic carbocycles. The second-order valence-corrected chi connectivity index (χ2v) is 17.0. The third kappa shape index (κ3) is 9.79. The van der Waals surface area contributed by atoms with E-state index in [9.17, 15) is 43.2 Å². The molecule has 22 nitrogen and oxygen atoms in total. The molecular formula is C49H51NO21. The average Bonchev–Trinajstić information content (AvgIpc) is 3.25. The molecule has 378 valence electrons. The monoisotopic (exact) mass is 989 g/mol. The molecule has 0 N–H and O–H groups in total. The Labute approximate surface area is 403 Å². The molecule has 0 bridgehead atoms. The summed E-state index contributed by atoms with van der Waals surface area (Å²) in [6, 6.07) is 7.43. The number of fused-ring (bicyclic) bond motifs is 2. The van der Waals surface area contributed by atoms with E-state index in [1.54, 1.807) is 13.0 Å². The summed E-state index contributed by atoms with van der Waals surface area (Å²) < 4.78 is 72.3. The minimum atomic E-state index is -1.72. The normalized spacial score (nSPS) is 24.3. The van der Waals surface area contributed by atoms with Crippen molar-refractivity contribution in [3.05, 3.63) is 46.3 Å². The number of rotatable bonds is 12. The summed E-state index contributed by atoms with van der Waals surface area (Å²) in [5.41, 5.74) is -1.01. The number of hydrogen-bond acceptors (Lipinski definition) is 21. The van der Waals surface area contributed by atoms with Gasteiger partial charge in [-0.15, -0.1) is 0 Å². The van der Waals surface area contributed by atoms with Gasteiger partial charge in [0.2, 0.25) is 18.1 Å². The smallest absolute Gasteiger partial charge is 0.344 e. The molecule has 2 saturated heterocycles. The lowest BCUT2D eigenvalue weighted by molar-refractivity contribution is -0.354. The standard InChI is InChI=1S/C49H51NO21/c1-18-16-17-30-34-32(18)47(59)70-42-33-29(40(65-25(8)55)36(35(34)42)37(41(30)66-26(9)56)50(21(4)51)22(5)52)14-13-15-31(33)69-48-46(44(67-27(10)57)39(20(3)61-48)64-24(7)54)71-49-45(68-28(11)58)43(60-12)38(19(2)62-49)63-23(6)53/h13-17,19-20,38-39,43-46,48-49H,1-12H3/t19-,20-,38+,39+,43+,44+,45-,46-,48+,49-/m1/s1. The number of aryl methyl sites for hydroxylation is 1. The van der Waals surface area contributed by atoms with Crippen LogP contribution in [-0.2, 0) is 76.3 Å². The third-order valence-electron chi connectivity index (χ3n) is 11.8. The molecule has 2 aliphatic heterocycles. The number of carbonyl (C=O) groups excluding carboxylic acids is 8. The molecule has 5 aromatic rings. The van der Waals surface area contributed by atoms with E-state index in [2.05, 4.69) is 0 Å². The van der Waals surface area contributed by atoms with Crippen molar-refractivity contribution in [3.8, 4) is 17.2 Å². The lowest BCUT2D eigenvalue weighted by Crippen LogP contribution is -2.66. The van der Waals surface area contributed by atoms with Crippen molar-refractivity contribution in [2.75, 3.05) is 12.0 Å². The van der Waals surface area contributed by atoms with Crippen LogP contribution in [0.5, 0.6) is 17.2 Å². The minimum absolute atomic E-state index is 0.0108. The third-order valence-corrected chi connectivity index (χ3v) is 11.8. The fourth-order valence-corrected chi connectivity index (χ4v) is 9.35. The number of imide groups is 1. The van der Waals surface area contributed by atoms with Gasteiger partial charge in [0.1, 0.15) is 23.3 Å². The Balaban J connectivity index is 1.54. The molecule has 3 heterocycles. The van der Waals surface area contributed by atoms with E-state index >= 15 is 0 Å². The number of nitrogens with zero attached hydrogens (tertiary/aromatic N) is 1. The molecule has 10 atom stereocenters. The first kappa shape index (κ1) is 51.6. The zero-order valence-electron chi connectivity index (χ0n) is 40.7. The van der Waals surface area contributed by atoms with Crippen molar-refractivity contribution in [2.45, 2.75) is 138 Å². The van der Waals surface area contributed by atoms with Crippen molar-refractivity contribution >= 4 is 96.6 Å². The van der Waals surface area contributed by atoms with Gasteiger partial charge in [-0.25, -0.2) is 9.69 Å². The van der Waals surface area contributed by atoms with Crippen LogP contribution in [0.25, 0.3) is 43.3 Å². The highest BCUT2D eigenvalue weighted by Crippen LogP contribution is 2.55. The number of anilines is 1. The highest BCUT2D eigenvalue weighted by molar-refractivity contribution is 6.37. The topological polar surface area (TPSA) is 272 Å². The van der Waals surface area contributed by atoms with Crippen LogP contribution >= 0.6 is 0 Å². The maximum Gasteiger partial charge on any atom is 0.344 e. The van der Waals surface area contributed by atoms with Gasteiger partial charge < -0.3 is 56.5 Å². The van der Waals surface area contributed by atoms with E-state index < -0.39 is 115 Å². The molecule has 4 aromatic carbocycles. The molecule has 0 saturated carbocycles. The Morgan fingerprint density at radius 1 is 0.535 bits per heavy atom. The number of benzene rings is 4. The van der Waals surface area contributed by atoms with E-state index in [-0.39, 0.29) is 66.2 Å². The SMILES string of the molecule is CO[C@H]1[C@@H](OC(C)=O)[C@@H](C)O[C@H](O[C@H]2[C@H](Oc3cccc4c(OC(C)=O)c5c(N(C(C)=O)C(C)=O)c(OC(C)=O)c6ccc(C)c7c(=O)oc(c34)c5c67)O[C@H](C)[C@H](OC(C)=O)[C@@H]2OC(C)=O)[C@@H]1OC(C)=O. The molecule has 0 radical (unpaired) electrons. The number of amides is 2. The maximum absolute atomic E-state index is 14.4. The molecule has 71 heavy (non-hydrogen) atoms. The van der Waals surface area contributed by atoms with Gasteiger partial charge in [-0.1, -0.05) is 24.3 Å². The fraction of sp³-hybridized carbons (Fsp3) is 0.449. The Hall–Kier alpha value is -7.27. The number of esters is 6. The summed E-state index contributed by atoms with van der Waals surface area (Å²) in [5.74, 6) is -7.33. The number of hydrogen-bond donors (Lipinski definition) is 0. The number of methoxy groups -OCH3 is 1. The summed E-state index contributed by atoms with van der Waals surface area (Å²) >= 11 is 0. The summed E-state index contributed by atoms with van der Waals surface area (Å²) in [6.07, 6.45) is -13.9. The molecule has 22 heteroatoms. The Kier molecular flexibility index (Phi) is 14.7. The predicted molar refractivity (Wildman–Crippen MR) is 245 cm³/mol. The summed E-state index contributed by atoms with van der Waals surface area (Å²) in [5, 5.41) is 0.0513. The Morgan fingerprint density at radius 2 is 1.06 bits per heavy atom. The summed E-state index contributed by atoms with van der Waals surface area (Å²) in [7, 11) is 1.28. The Bertz CT molecular complexity index is 3050. The number of carbonyl (C=O) groups is 8. The van der Waals surface area contributed by atoms with Gasteiger partial charge in [0.05, 0.1) is 28.4 Å². The molecule has 2 amide bonds. The zero-order chi connectivity index (χ0) is 52.1. The predicted octanol–water partition coefficient (Wildman–Crippen LogP) is 4.74. The van der Waals surface area contributed by atoms with Gasteiger partial charge in [-0.2, -0.15) is 0 Å². The fourth-order valence-electron chi connectivity index (χ4n) is 9.35. The van der Waals surface area contributed by atoms with Crippen LogP contribution in [0.3, 0.4) is 0 Å². The van der Waals surface area contributed by atoms with Crippen LogP contribution in [0.15, 0.2) is 39.5 Å². The van der Waals surface area contributed by atoms with Crippen molar-refractivity contribution in [1.29, 1.82) is 0 Å². The van der Waals surface area contributed by atoms with E-state index in [1.165, 1.54) is 52.1 Å². The van der Waals surface area contributed by atoms with E-state index in [1.807, 2.05) is 0 Å². The zero-order valence-corrected chi connectivity index (χ0v) is 40.7. The highest BCUT2D eigenvalue weighted by atomic mass is 16.8. The highest BCUT2D eigenvalue weighted by Gasteiger charge is 2.56. The van der Waals surface area contributed by atoms with Crippen LogP contribution in [0.2, 0.25) is 0 Å². The second kappa shape index (κ2) is 20.2. The first-order valence-corrected chi connectivity index (χ1v) is 22.2. The molecule has 2 fully saturated rings. The van der Waals surface area contributed by atoms with E-state index in [4.69, 9.17) is 56.5 Å². The minimum Gasteiger partial charge on any atom is -0.461 e. The van der Waals surface area contributed by atoms with Gasteiger partial charge >= 0.3 is 41.4 Å². The van der Waals surface area contributed by atoms with E-state index in [0.29, 0.717) is 5.56 Å².